The number of fused-ring (bicyclic) bond motifs is 3. The van der Waals surface area contributed by atoms with E-state index in [2.05, 4.69) is 0 Å². The van der Waals surface area contributed by atoms with Gasteiger partial charge in [0, 0.05) is 23.3 Å². The normalized spacial score (nSPS) is 12.4. The molecule has 4 aromatic carbocycles. The van der Waals surface area contributed by atoms with Crippen LogP contribution < -0.4 is 8.37 Å². The largest absolute Gasteiger partial charge is 0.379 e. The predicted molar refractivity (Wildman–Crippen MR) is 147 cm³/mol. The van der Waals surface area contributed by atoms with Gasteiger partial charge in [-0.3, -0.25) is 25.0 Å². The van der Waals surface area contributed by atoms with Crippen LogP contribution in [0.3, 0.4) is 0 Å². The van der Waals surface area contributed by atoms with Gasteiger partial charge in [0.05, 0.1) is 21.0 Å². The molecule has 0 radical (unpaired) electrons. The highest BCUT2D eigenvalue weighted by molar-refractivity contribution is 7.87. The monoisotopic (exact) mass is 610 g/mol. The fraction of sp³-hybridized carbons (Fsp3) is 0.0741. The Kier molecular flexibility index (Phi) is 6.79. The van der Waals surface area contributed by atoms with Crippen LogP contribution in [0.15, 0.2) is 82.6 Å². The molecule has 5 rings (SSSR count). The van der Waals surface area contributed by atoms with Gasteiger partial charge in [0.1, 0.15) is 21.3 Å². The zero-order chi connectivity index (χ0) is 30.6. The van der Waals surface area contributed by atoms with Gasteiger partial charge in [-0.15, -0.1) is 0 Å². The van der Waals surface area contributed by atoms with Crippen molar-refractivity contribution in [2.45, 2.75) is 23.6 Å². The molecule has 0 unspecified atom stereocenters. The number of hydrogen-bond acceptors (Lipinski definition) is 11. The molecule has 1 aliphatic rings. The van der Waals surface area contributed by atoms with Crippen LogP contribution in [0.25, 0.3) is 11.1 Å². The number of nitro groups is 2. The van der Waals surface area contributed by atoms with Crippen molar-refractivity contribution in [3.05, 3.63) is 115 Å². The molecular weight excluding hydrogens is 592 g/mol. The molecule has 4 aromatic rings. The van der Waals surface area contributed by atoms with Gasteiger partial charge >= 0.3 is 20.2 Å². The summed E-state index contributed by atoms with van der Waals surface area (Å²) in [5.41, 5.74) is -2.40. The highest BCUT2D eigenvalue weighted by atomic mass is 32.2. The molecule has 0 fully saturated rings. The average molecular weight is 611 g/mol. The lowest BCUT2D eigenvalue weighted by molar-refractivity contribution is -0.386. The molecule has 0 N–H and O–H groups in total. The molecule has 0 saturated carbocycles. The van der Waals surface area contributed by atoms with Crippen molar-refractivity contribution in [3.8, 4) is 22.6 Å². The zero-order valence-corrected chi connectivity index (χ0v) is 23.3. The van der Waals surface area contributed by atoms with Gasteiger partial charge in [0.15, 0.2) is 5.78 Å². The molecule has 0 heterocycles. The minimum absolute atomic E-state index is 0.0996. The van der Waals surface area contributed by atoms with Crippen molar-refractivity contribution in [1.29, 1.82) is 0 Å². The first kappa shape index (κ1) is 28.4. The highest BCUT2D eigenvalue weighted by Gasteiger charge is 2.42. The van der Waals surface area contributed by atoms with Gasteiger partial charge in [0.2, 0.25) is 0 Å². The summed E-state index contributed by atoms with van der Waals surface area (Å²) >= 11 is 0. The minimum atomic E-state index is -4.72. The molecule has 42 heavy (non-hydrogen) atoms. The van der Waals surface area contributed by atoms with Crippen LogP contribution in [0.2, 0.25) is 0 Å². The zero-order valence-electron chi connectivity index (χ0n) is 21.6. The third kappa shape index (κ3) is 5.06. The van der Waals surface area contributed by atoms with Crippen molar-refractivity contribution >= 4 is 37.4 Å². The molecule has 0 spiro atoms. The number of hydrogen-bond donors (Lipinski definition) is 0. The third-order valence-electron chi connectivity index (χ3n) is 6.35. The molecule has 0 saturated heterocycles. The van der Waals surface area contributed by atoms with Crippen molar-refractivity contribution in [1.82, 2.24) is 0 Å². The number of nitrogens with zero attached hydrogens (tertiary/aromatic N) is 2. The summed E-state index contributed by atoms with van der Waals surface area (Å²) in [6.07, 6.45) is 0. The van der Waals surface area contributed by atoms with Crippen molar-refractivity contribution in [2.75, 3.05) is 0 Å². The molecule has 1 aliphatic carbocycles. The molecule has 15 heteroatoms. The second-order valence-electron chi connectivity index (χ2n) is 9.27. The Hall–Kier alpha value is -5.15. The van der Waals surface area contributed by atoms with Crippen molar-refractivity contribution < 1.29 is 39.8 Å². The second kappa shape index (κ2) is 10.0. The Morgan fingerprint density at radius 2 is 0.929 bits per heavy atom. The van der Waals surface area contributed by atoms with Gasteiger partial charge in [-0.25, -0.2) is 0 Å². The van der Waals surface area contributed by atoms with Crippen molar-refractivity contribution in [2.24, 2.45) is 0 Å². The first-order chi connectivity index (χ1) is 19.7. The van der Waals surface area contributed by atoms with E-state index < -0.39 is 79.3 Å². The molecule has 0 aromatic heterocycles. The Bertz CT molecular complexity index is 1890. The van der Waals surface area contributed by atoms with Crippen LogP contribution in [-0.4, -0.2) is 32.5 Å². The average Bonchev–Trinajstić information content (AvgIpc) is 3.21. The van der Waals surface area contributed by atoms with E-state index in [0.29, 0.717) is 12.1 Å². The van der Waals surface area contributed by atoms with Gasteiger partial charge in [-0.2, -0.15) is 16.8 Å². The van der Waals surface area contributed by atoms with E-state index in [1.807, 2.05) is 0 Å². The van der Waals surface area contributed by atoms with Gasteiger partial charge in [-0.05, 0) is 50.2 Å². The lowest BCUT2D eigenvalue weighted by Crippen LogP contribution is -2.12. The summed E-state index contributed by atoms with van der Waals surface area (Å²) in [5, 5.41) is 24.1. The molecule has 0 atom stereocenters. The Labute approximate surface area is 238 Å². The van der Waals surface area contributed by atoms with E-state index in [1.54, 1.807) is 38.1 Å². The standard InChI is InChI=1S/C27H18N2O11S2/c1-15-3-7-17(8-4-15)39-41(35,36)19-11-21-25(23(13-19)28(31)32)26-22(27(21)30)12-20(14-24(26)29(33)34)42(37,38)40-18-9-5-16(2)6-10-18/h3-14H,1-2H3. The maximum atomic E-state index is 13.5. The fourth-order valence-electron chi connectivity index (χ4n) is 4.34. The van der Waals surface area contributed by atoms with Crippen LogP contribution in [-0.2, 0) is 20.2 Å². The minimum Gasteiger partial charge on any atom is -0.379 e. The van der Waals surface area contributed by atoms with Crippen LogP contribution >= 0.6 is 0 Å². The number of aryl methyl sites for hydroxylation is 2. The topological polar surface area (TPSA) is 190 Å². The first-order valence-electron chi connectivity index (χ1n) is 11.9. The number of nitro benzene ring substituents is 2. The summed E-state index contributed by atoms with van der Waals surface area (Å²) in [6.45, 7) is 3.52. The van der Waals surface area contributed by atoms with Crippen molar-refractivity contribution in [3.63, 3.8) is 0 Å². The number of benzene rings is 4. The lowest BCUT2D eigenvalue weighted by Gasteiger charge is -2.10. The molecular formula is C27H18N2O11S2. The van der Waals surface area contributed by atoms with Crippen LogP contribution in [0.5, 0.6) is 11.5 Å². The van der Waals surface area contributed by atoms with E-state index in [9.17, 15) is 41.9 Å². The summed E-state index contributed by atoms with van der Waals surface area (Å²) < 4.78 is 62.3. The molecule has 13 nitrogen and oxygen atoms in total. The fourth-order valence-corrected chi connectivity index (χ4v) is 6.30. The maximum absolute atomic E-state index is 13.5. The van der Waals surface area contributed by atoms with E-state index in [1.165, 1.54) is 24.3 Å². The number of ketones is 1. The molecule has 0 aliphatic heterocycles. The van der Waals surface area contributed by atoms with Gasteiger partial charge in [-0.1, -0.05) is 35.4 Å². The van der Waals surface area contributed by atoms with E-state index in [-0.39, 0.29) is 11.5 Å². The Balaban J connectivity index is 1.66. The predicted octanol–water partition coefficient (Wildman–Crippen LogP) is 4.87. The van der Waals surface area contributed by atoms with Crippen LogP contribution in [0, 0.1) is 34.1 Å². The summed E-state index contributed by atoms with van der Waals surface area (Å²) in [5.74, 6) is -1.26. The highest BCUT2D eigenvalue weighted by Crippen LogP contribution is 2.49. The maximum Gasteiger partial charge on any atom is 0.339 e. The Morgan fingerprint density at radius 3 is 1.24 bits per heavy atom. The smallest absolute Gasteiger partial charge is 0.339 e. The van der Waals surface area contributed by atoms with Gasteiger partial charge in [0.25, 0.3) is 11.4 Å². The number of carbonyl (C=O) groups is 1. The first-order valence-corrected chi connectivity index (χ1v) is 14.7. The lowest BCUT2D eigenvalue weighted by atomic mass is 10.0. The molecule has 214 valence electrons. The summed E-state index contributed by atoms with van der Waals surface area (Å²) in [4.78, 5) is 34.1. The summed E-state index contributed by atoms with van der Waals surface area (Å²) in [6, 6.07) is 14.6. The van der Waals surface area contributed by atoms with Crippen LogP contribution in [0.1, 0.15) is 27.0 Å². The quantitative estimate of drug-likeness (QED) is 0.132. The number of rotatable bonds is 8. The second-order valence-corrected chi connectivity index (χ2v) is 12.4. The van der Waals surface area contributed by atoms with E-state index in [0.717, 1.165) is 23.3 Å². The van der Waals surface area contributed by atoms with E-state index in [4.69, 9.17) is 8.37 Å². The number of carbonyl (C=O) groups excluding carboxylic acids is 1. The Morgan fingerprint density at radius 1 is 0.595 bits per heavy atom. The van der Waals surface area contributed by atoms with Crippen LogP contribution in [0.4, 0.5) is 11.4 Å². The van der Waals surface area contributed by atoms with Gasteiger partial charge < -0.3 is 8.37 Å². The van der Waals surface area contributed by atoms with E-state index >= 15 is 0 Å². The third-order valence-corrected chi connectivity index (χ3v) is 8.80. The molecule has 0 amide bonds. The molecule has 0 bridgehead atoms. The summed E-state index contributed by atoms with van der Waals surface area (Å²) in [7, 11) is -9.43. The SMILES string of the molecule is Cc1ccc(OS(=O)(=O)c2cc3c(c([N+](=O)[O-])c2)-c2c(cc(S(=O)(=O)Oc4ccc(C)cc4)cc2[N+](=O)[O-])C3=O)cc1.